The fourth-order valence-electron chi connectivity index (χ4n) is 5.03. The van der Waals surface area contributed by atoms with E-state index in [1.54, 1.807) is 17.4 Å². The lowest BCUT2D eigenvalue weighted by Crippen LogP contribution is -2.56. The summed E-state index contributed by atoms with van der Waals surface area (Å²) in [7, 11) is 1.46. The van der Waals surface area contributed by atoms with Gasteiger partial charge in [0.05, 0.1) is 12.8 Å². The summed E-state index contributed by atoms with van der Waals surface area (Å²) in [5.41, 5.74) is 0.704. The summed E-state index contributed by atoms with van der Waals surface area (Å²) >= 11 is 1.81. The molecule has 2 atom stereocenters. The second kappa shape index (κ2) is 10.6. The number of anilines is 1. The first-order chi connectivity index (χ1) is 15.1. The van der Waals surface area contributed by atoms with Gasteiger partial charge < -0.3 is 9.64 Å². The van der Waals surface area contributed by atoms with E-state index in [1.807, 2.05) is 12.1 Å². The van der Waals surface area contributed by atoms with Crippen LogP contribution in [0.5, 0.6) is 0 Å². The number of thiophene rings is 1. The zero-order valence-corrected chi connectivity index (χ0v) is 19.0. The van der Waals surface area contributed by atoms with Crippen LogP contribution in [-0.2, 0) is 16.1 Å². The summed E-state index contributed by atoms with van der Waals surface area (Å²) in [5, 5.41) is 2.13. The molecule has 0 saturated carbocycles. The summed E-state index contributed by atoms with van der Waals surface area (Å²) < 4.78 is 19.1. The molecule has 0 aliphatic carbocycles. The Kier molecular flexibility index (Phi) is 7.58. The van der Waals surface area contributed by atoms with Crippen molar-refractivity contribution >= 4 is 23.0 Å². The molecule has 0 radical (unpaired) electrons. The molecule has 2 aliphatic heterocycles. The van der Waals surface area contributed by atoms with Crippen LogP contribution in [0.15, 0.2) is 41.8 Å². The number of carbonyl (C=O) groups excluding carboxylic acids is 1. The number of piperidine rings is 1. The number of hydrogen-bond acceptors (Lipinski definition) is 6. The van der Waals surface area contributed by atoms with Crippen molar-refractivity contribution in [3.05, 3.63) is 52.5 Å². The normalized spacial score (nSPS) is 23.1. The molecule has 2 fully saturated rings. The molecule has 2 saturated heterocycles. The predicted molar refractivity (Wildman–Crippen MR) is 123 cm³/mol. The fourth-order valence-corrected chi connectivity index (χ4v) is 5.78. The second-order valence-corrected chi connectivity index (χ2v) is 9.55. The van der Waals surface area contributed by atoms with Crippen molar-refractivity contribution in [2.75, 3.05) is 51.3 Å². The van der Waals surface area contributed by atoms with Gasteiger partial charge in [-0.15, -0.1) is 11.3 Å². The van der Waals surface area contributed by atoms with E-state index >= 15 is 0 Å². The Labute approximate surface area is 188 Å². The lowest BCUT2D eigenvalue weighted by molar-refractivity contribution is -0.141. The molecule has 2 aliphatic rings. The first kappa shape index (κ1) is 22.2. The van der Waals surface area contributed by atoms with Gasteiger partial charge in [-0.1, -0.05) is 18.2 Å². The van der Waals surface area contributed by atoms with Crippen LogP contribution in [0.4, 0.5) is 10.1 Å². The van der Waals surface area contributed by atoms with E-state index in [4.69, 9.17) is 4.74 Å². The van der Waals surface area contributed by atoms with Gasteiger partial charge in [-0.25, -0.2) is 4.39 Å². The maximum Gasteiger partial charge on any atom is 0.305 e. The largest absolute Gasteiger partial charge is 0.469 e. The fraction of sp³-hybridized carbons (Fsp3) is 0.542. The van der Waals surface area contributed by atoms with E-state index in [9.17, 15) is 9.18 Å². The number of piperazine rings is 1. The number of methoxy groups -OCH3 is 1. The summed E-state index contributed by atoms with van der Waals surface area (Å²) in [6.07, 6.45) is 2.43. The maximum absolute atomic E-state index is 14.2. The number of ether oxygens (including phenoxy) is 1. The topological polar surface area (TPSA) is 36.0 Å². The van der Waals surface area contributed by atoms with Gasteiger partial charge in [-0.05, 0) is 42.3 Å². The Bertz CT molecular complexity index is 839. The number of carbonyl (C=O) groups is 1. The lowest BCUT2D eigenvalue weighted by atomic mass is 9.86. The number of rotatable bonds is 7. The molecule has 4 rings (SSSR count). The van der Waals surface area contributed by atoms with Crippen molar-refractivity contribution in [1.29, 1.82) is 0 Å². The number of esters is 1. The van der Waals surface area contributed by atoms with Crippen molar-refractivity contribution in [3.63, 3.8) is 0 Å². The van der Waals surface area contributed by atoms with Crippen molar-refractivity contribution in [2.24, 2.45) is 5.92 Å². The molecular weight excluding hydrogens is 413 g/mol. The molecule has 0 bridgehead atoms. The van der Waals surface area contributed by atoms with E-state index in [1.165, 1.54) is 18.1 Å². The summed E-state index contributed by atoms with van der Waals surface area (Å²) in [6.45, 7) is 6.59. The summed E-state index contributed by atoms with van der Waals surface area (Å²) in [5.74, 6) is 0.167. The van der Waals surface area contributed by atoms with Gasteiger partial charge in [-0.3, -0.25) is 14.6 Å². The smallest absolute Gasteiger partial charge is 0.305 e. The highest BCUT2D eigenvalue weighted by Gasteiger charge is 2.35. The Balaban J connectivity index is 1.38. The zero-order valence-electron chi connectivity index (χ0n) is 18.2. The molecule has 5 nitrogen and oxygen atoms in total. The van der Waals surface area contributed by atoms with Gasteiger partial charge in [0.1, 0.15) is 5.82 Å². The van der Waals surface area contributed by atoms with Crippen molar-refractivity contribution in [2.45, 2.75) is 31.8 Å². The predicted octanol–water partition coefficient (Wildman–Crippen LogP) is 3.85. The monoisotopic (exact) mass is 445 g/mol. The van der Waals surface area contributed by atoms with Gasteiger partial charge >= 0.3 is 5.97 Å². The van der Waals surface area contributed by atoms with E-state index < -0.39 is 0 Å². The van der Waals surface area contributed by atoms with Gasteiger partial charge in [-0.2, -0.15) is 0 Å². The molecule has 2 aromatic rings. The number of nitrogens with zero attached hydrogens (tertiary/aromatic N) is 3. The van der Waals surface area contributed by atoms with E-state index in [0.717, 1.165) is 58.7 Å². The molecule has 0 N–H and O–H groups in total. The van der Waals surface area contributed by atoms with Crippen LogP contribution >= 0.6 is 11.3 Å². The van der Waals surface area contributed by atoms with Crippen LogP contribution in [0.25, 0.3) is 0 Å². The Morgan fingerprint density at radius 1 is 1.13 bits per heavy atom. The van der Waals surface area contributed by atoms with Crippen LogP contribution in [0.1, 0.15) is 24.1 Å². The minimum Gasteiger partial charge on any atom is -0.469 e. The van der Waals surface area contributed by atoms with Gasteiger partial charge in [0.25, 0.3) is 0 Å². The third-order valence-electron chi connectivity index (χ3n) is 6.66. The number of para-hydroxylation sites is 1. The Morgan fingerprint density at radius 2 is 1.94 bits per heavy atom. The third-order valence-corrected chi connectivity index (χ3v) is 7.52. The van der Waals surface area contributed by atoms with Crippen LogP contribution in [0.3, 0.4) is 0 Å². The van der Waals surface area contributed by atoms with Gasteiger partial charge in [0.15, 0.2) is 0 Å². The number of benzene rings is 1. The lowest BCUT2D eigenvalue weighted by Gasteiger charge is -2.47. The molecule has 0 unspecified atom stereocenters. The average Bonchev–Trinajstić information content (AvgIpc) is 3.31. The molecule has 0 spiro atoms. The molecule has 3 heterocycles. The van der Waals surface area contributed by atoms with E-state index in [-0.39, 0.29) is 11.8 Å². The number of hydrogen-bond donors (Lipinski definition) is 0. The quantitative estimate of drug-likeness (QED) is 0.605. The standard InChI is InChI=1S/C24H32FN3O2S/c1-30-24(29)9-8-19-17-26(18-20-5-4-16-31-20)11-10-22(19)27-12-14-28(15-13-27)23-7-3-2-6-21(23)25/h2-7,16,19,22H,8-15,17-18H2,1H3/t19-,22+/m1/s1. The molecule has 1 aromatic heterocycles. The third kappa shape index (κ3) is 5.64. The average molecular weight is 446 g/mol. The van der Waals surface area contributed by atoms with Crippen molar-refractivity contribution in [1.82, 2.24) is 9.80 Å². The van der Waals surface area contributed by atoms with Crippen LogP contribution in [0.2, 0.25) is 0 Å². The second-order valence-electron chi connectivity index (χ2n) is 8.52. The minimum atomic E-state index is -0.145. The first-order valence-electron chi connectivity index (χ1n) is 11.2. The maximum atomic E-state index is 14.2. The summed E-state index contributed by atoms with van der Waals surface area (Å²) in [6, 6.07) is 11.8. The van der Waals surface area contributed by atoms with Crippen LogP contribution < -0.4 is 4.90 Å². The SMILES string of the molecule is COC(=O)CC[C@@H]1CN(Cc2cccs2)CC[C@@H]1N1CCN(c2ccccc2F)CC1. The highest BCUT2D eigenvalue weighted by Crippen LogP contribution is 2.30. The van der Waals surface area contributed by atoms with Gasteiger partial charge in [0, 0.05) is 63.2 Å². The van der Waals surface area contributed by atoms with E-state index in [0.29, 0.717) is 24.1 Å². The van der Waals surface area contributed by atoms with Crippen LogP contribution in [-0.4, -0.2) is 68.2 Å². The van der Waals surface area contributed by atoms with Crippen molar-refractivity contribution in [3.8, 4) is 0 Å². The molecule has 31 heavy (non-hydrogen) atoms. The molecule has 0 amide bonds. The summed E-state index contributed by atoms with van der Waals surface area (Å²) in [4.78, 5) is 20.5. The zero-order chi connectivity index (χ0) is 21.6. The molecular formula is C24H32FN3O2S. The Hall–Kier alpha value is -1.96. The van der Waals surface area contributed by atoms with E-state index in [2.05, 4.69) is 32.2 Å². The molecule has 168 valence electrons. The number of likely N-dealkylation sites (tertiary alicyclic amines) is 1. The first-order valence-corrected chi connectivity index (χ1v) is 12.1. The minimum absolute atomic E-state index is 0.126. The van der Waals surface area contributed by atoms with Gasteiger partial charge in [0.2, 0.25) is 0 Å². The molecule has 1 aromatic carbocycles. The van der Waals surface area contributed by atoms with Crippen molar-refractivity contribution < 1.29 is 13.9 Å². The highest BCUT2D eigenvalue weighted by molar-refractivity contribution is 7.09. The van der Waals surface area contributed by atoms with Crippen LogP contribution in [0, 0.1) is 11.7 Å². The Morgan fingerprint density at radius 3 is 2.65 bits per heavy atom. The molecule has 7 heteroatoms. The number of halogens is 1. The highest BCUT2D eigenvalue weighted by atomic mass is 32.1.